The Hall–Kier alpha value is -2.07. The van der Waals surface area contributed by atoms with Gasteiger partial charge < -0.3 is 10.6 Å². The summed E-state index contributed by atoms with van der Waals surface area (Å²) in [5.74, 6) is 0.957. The van der Waals surface area contributed by atoms with E-state index in [-0.39, 0.29) is 11.8 Å². The molecule has 3 rings (SSSR count). The molecule has 4 nitrogen and oxygen atoms in total. The number of hydrogen-bond acceptors (Lipinski definition) is 3. The van der Waals surface area contributed by atoms with E-state index < -0.39 is 0 Å². The number of carbonyl (C=O) groups is 1. The fraction of sp³-hybridized carbons (Fsp3) is 0.333. The zero-order valence-corrected chi connectivity index (χ0v) is 14.1. The van der Waals surface area contributed by atoms with Crippen molar-refractivity contribution in [3.63, 3.8) is 0 Å². The van der Waals surface area contributed by atoms with E-state index in [2.05, 4.69) is 21.7 Å². The van der Waals surface area contributed by atoms with Gasteiger partial charge in [-0.2, -0.15) is 0 Å². The molecule has 0 aliphatic heterocycles. The predicted molar refractivity (Wildman–Crippen MR) is 94.4 cm³/mol. The summed E-state index contributed by atoms with van der Waals surface area (Å²) in [5, 5.41) is 6.82. The molecule has 120 valence electrons. The fourth-order valence-electron chi connectivity index (χ4n) is 2.66. The van der Waals surface area contributed by atoms with Crippen LogP contribution in [-0.2, 0) is 4.79 Å². The summed E-state index contributed by atoms with van der Waals surface area (Å²) in [5.41, 5.74) is 3.77. The molecule has 1 fully saturated rings. The van der Waals surface area contributed by atoms with Crippen LogP contribution in [0, 0.1) is 19.8 Å². The van der Waals surface area contributed by atoms with E-state index in [0.29, 0.717) is 10.8 Å². The van der Waals surface area contributed by atoms with Crippen LogP contribution in [0.5, 0.6) is 0 Å². The van der Waals surface area contributed by atoms with E-state index in [1.165, 1.54) is 0 Å². The zero-order chi connectivity index (χ0) is 16.4. The quantitative estimate of drug-likeness (QED) is 0.844. The first-order valence-electron chi connectivity index (χ1n) is 7.83. The fourth-order valence-corrected chi connectivity index (χ4v) is 3.03. The van der Waals surface area contributed by atoms with Gasteiger partial charge in [0.1, 0.15) is 5.82 Å². The third-order valence-corrected chi connectivity index (χ3v) is 4.49. The topological polar surface area (TPSA) is 54.0 Å². The Bertz CT molecular complexity index is 701. The van der Waals surface area contributed by atoms with Gasteiger partial charge >= 0.3 is 0 Å². The normalized spacial score (nSPS) is 14.2. The highest BCUT2D eigenvalue weighted by Gasteiger charge is 2.25. The minimum absolute atomic E-state index is 0.0937. The lowest BCUT2D eigenvalue weighted by Crippen LogP contribution is -2.28. The maximum Gasteiger partial charge on any atom is 0.227 e. The zero-order valence-electron chi connectivity index (χ0n) is 13.3. The third-order valence-electron chi connectivity index (χ3n) is 4.19. The van der Waals surface area contributed by atoms with Crippen molar-refractivity contribution >= 4 is 34.7 Å². The van der Waals surface area contributed by atoms with Gasteiger partial charge in [-0.05, 0) is 56.0 Å². The van der Waals surface area contributed by atoms with Crippen LogP contribution in [0.1, 0.15) is 30.4 Å². The number of hydrogen-bond donors (Lipinski definition) is 2. The minimum atomic E-state index is 0.0937. The number of nitrogens with one attached hydrogen (secondary N) is 2. The number of aromatic nitrogens is 1. The summed E-state index contributed by atoms with van der Waals surface area (Å²) in [6.07, 6.45) is 4.79. The second-order valence-corrected chi connectivity index (χ2v) is 6.52. The van der Waals surface area contributed by atoms with Gasteiger partial charge in [-0.3, -0.25) is 4.79 Å². The lowest BCUT2D eigenvalue weighted by atomic mass is 9.85. The molecule has 1 heterocycles. The molecule has 0 spiro atoms. The highest BCUT2D eigenvalue weighted by molar-refractivity contribution is 6.33. The molecule has 23 heavy (non-hydrogen) atoms. The monoisotopic (exact) mass is 329 g/mol. The molecule has 0 bridgehead atoms. The molecule has 1 amide bonds. The minimum Gasteiger partial charge on any atom is -0.339 e. The van der Waals surface area contributed by atoms with Crippen molar-refractivity contribution in [3.8, 4) is 0 Å². The summed E-state index contributed by atoms with van der Waals surface area (Å²) in [6.45, 7) is 4.02. The van der Waals surface area contributed by atoms with E-state index in [1.807, 2.05) is 32.0 Å². The number of pyridine rings is 1. The first kappa shape index (κ1) is 15.8. The summed E-state index contributed by atoms with van der Waals surface area (Å²) in [4.78, 5) is 16.3. The van der Waals surface area contributed by atoms with Crippen LogP contribution in [0.4, 0.5) is 17.2 Å². The average molecular weight is 330 g/mol. The molecule has 0 radical (unpaired) electrons. The second-order valence-electron chi connectivity index (χ2n) is 6.11. The smallest absolute Gasteiger partial charge is 0.227 e. The van der Waals surface area contributed by atoms with Gasteiger partial charge in [-0.25, -0.2) is 4.98 Å². The molecule has 0 atom stereocenters. The van der Waals surface area contributed by atoms with Crippen molar-refractivity contribution in [2.75, 3.05) is 10.6 Å². The average Bonchev–Trinajstić information content (AvgIpc) is 2.42. The lowest BCUT2D eigenvalue weighted by molar-refractivity contribution is -0.122. The molecule has 1 aliphatic rings. The van der Waals surface area contributed by atoms with Crippen LogP contribution in [0.15, 0.2) is 30.5 Å². The van der Waals surface area contributed by atoms with Crippen LogP contribution in [0.25, 0.3) is 0 Å². The first-order chi connectivity index (χ1) is 11.0. The largest absolute Gasteiger partial charge is 0.339 e. The van der Waals surface area contributed by atoms with Gasteiger partial charge in [0.15, 0.2) is 0 Å². The number of nitrogens with zero attached hydrogens (tertiary/aromatic N) is 1. The molecule has 0 saturated heterocycles. The number of halogens is 1. The van der Waals surface area contributed by atoms with Crippen molar-refractivity contribution in [3.05, 3.63) is 46.6 Å². The van der Waals surface area contributed by atoms with Crippen molar-refractivity contribution in [1.29, 1.82) is 0 Å². The number of aryl methyl sites for hydroxylation is 2. The molecular weight excluding hydrogens is 310 g/mol. The van der Waals surface area contributed by atoms with Gasteiger partial charge in [0.2, 0.25) is 5.91 Å². The molecule has 1 saturated carbocycles. The Kier molecular flexibility index (Phi) is 4.53. The maximum absolute atomic E-state index is 11.9. The molecule has 0 unspecified atom stereocenters. The van der Waals surface area contributed by atoms with Crippen molar-refractivity contribution in [2.24, 2.45) is 5.92 Å². The van der Waals surface area contributed by atoms with Gasteiger partial charge in [0, 0.05) is 5.92 Å². The van der Waals surface area contributed by atoms with Crippen molar-refractivity contribution in [2.45, 2.75) is 33.1 Å². The SMILES string of the molecule is Cc1cc(C)c(Nc2ccc(NC(=O)C3CCC3)cn2)c(Cl)c1. The Morgan fingerprint density at radius 1 is 1.26 bits per heavy atom. The van der Waals surface area contributed by atoms with Crippen LogP contribution in [0.3, 0.4) is 0 Å². The number of anilines is 3. The highest BCUT2D eigenvalue weighted by atomic mass is 35.5. The number of rotatable bonds is 4. The molecular formula is C18H20ClN3O. The summed E-state index contributed by atoms with van der Waals surface area (Å²) < 4.78 is 0. The van der Waals surface area contributed by atoms with E-state index in [9.17, 15) is 4.79 Å². The first-order valence-corrected chi connectivity index (χ1v) is 8.21. The van der Waals surface area contributed by atoms with Gasteiger partial charge in [0.05, 0.1) is 22.6 Å². The van der Waals surface area contributed by atoms with Gasteiger partial charge in [0.25, 0.3) is 0 Å². The Morgan fingerprint density at radius 2 is 2.04 bits per heavy atom. The molecule has 2 N–H and O–H groups in total. The third kappa shape index (κ3) is 3.64. The Labute approximate surface area is 141 Å². The Balaban J connectivity index is 1.69. The van der Waals surface area contributed by atoms with Crippen molar-refractivity contribution < 1.29 is 4.79 Å². The molecule has 5 heteroatoms. The van der Waals surface area contributed by atoms with Crippen molar-refractivity contribution in [1.82, 2.24) is 4.98 Å². The van der Waals surface area contributed by atoms with E-state index in [1.54, 1.807) is 6.20 Å². The molecule has 1 aromatic heterocycles. The Morgan fingerprint density at radius 3 is 2.61 bits per heavy atom. The second kappa shape index (κ2) is 6.59. The predicted octanol–water partition coefficient (Wildman–Crippen LogP) is 4.83. The number of carbonyl (C=O) groups excluding carboxylic acids is 1. The van der Waals surface area contributed by atoms with Crippen LogP contribution < -0.4 is 10.6 Å². The summed E-state index contributed by atoms with van der Waals surface area (Å²) >= 11 is 6.29. The van der Waals surface area contributed by atoms with Gasteiger partial charge in [-0.1, -0.05) is 24.1 Å². The summed E-state index contributed by atoms with van der Waals surface area (Å²) in [7, 11) is 0. The molecule has 2 aromatic rings. The lowest BCUT2D eigenvalue weighted by Gasteiger charge is -2.23. The van der Waals surface area contributed by atoms with E-state index >= 15 is 0 Å². The van der Waals surface area contributed by atoms with E-state index in [4.69, 9.17) is 11.6 Å². The molecule has 1 aliphatic carbocycles. The standard InChI is InChI=1S/C18H20ClN3O/c1-11-8-12(2)17(15(19)9-11)22-16-7-6-14(10-20-16)21-18(23)13-4-3-5-13/h6-10,13H,3-5H2,1-2H3,(H,20,22)(H,21,23). The summed E-state index contributed by atoms with van der Waals surface area (Å²) in [6, 6.07) is 7.68. The molecule has 1 aromatic carbocycles. The highest BCUT2D eigenvalue weighted by Crippen LogP contribution is 2.30. The van der Waals surface area contributed by atoms with E-state index in [0.717, 1.165) is 41.8 Å². The maximum atomic E-state index is 11.9. The number of benzene rings is 1. The van der Waals surface area contributed by atoms with Crippen LogP contribution in [-0.4, -0.2) is 10.9 Å². The number of amides is 1. The van der Waals surface area contributed by atoms with Gasteiger partial charge in [-0.15, -0.1) is 0 Å². The van der Waals surface area contributed by atoms with Crippen LogP contribution >= 0.6 is 11.6 Å². The van der Waals surface area contributed by atoms with Crippen LogP contribution in [0.2, 0.25) is 5.02 Å².